The van der Waals surface area contributed by atoms with Crippen LogP contribution in [0.25, 0.3) is 0 Å². The van der Waals surface area contributed by atoms with Crippen LogP contribution < -0.4 is 0 Å². The monoisotopic (exact) mass is 330 g/mol. The van der Waals surface area contributed by atoms with Crippen molar-refractivity contribution < 1.29 is 0 Å². The minimum atomic E-state index is 0.712. The van der Waals surface area contributed by atoms with Crippen molar-refractivity contribution in [2.75, 3.05) is 10.7 Å². The molecule has 2 rings (SSSR count). The molecule has 0 unspecified atom stereocenters. The van der Waals surface area contributed by atoms with Crippen molar-refractivity contribution in [2.24, 2.45) is 5.92 Å². The van der Waals surface area contributed by atoms with Crippen LogP contribution >= 0.6 is 31.9 Å². The third kappa shape index (κ3) is 2.85. The summed E-state index contributed by atoms with van der Waals surface area (Å²) in [6.45, 7) is 0. The Morgan fingerprint density at radius 1 is 1.07 bits per heavy atom. The quantitative estimate of drug-likeness (QED) is 0.728. The summed E-state index contributed by atoms with van der Waals surface area (Å²) >= 11 is 7.13. The number of halogens is 2. The Bertz CT molecular complexity index is 329. The van der Waals surface area contributed by atoms with Gasteiger partial charge >= 0.3 is 0 Å². The average molecular weight is 332 g/mol. The summed E-state index contributed by atoms with van der Waals surface area (Å²) in [6.07, 6.45) is 5.11. The SMILES string of the molecule is BrCC(CBr)Cc1ccc2c(c1)CCC2. The second-order valence-corrected chi connectivity index (χ2v) is 5.63. The van der Waals surface area contributed by atoms with E-state index >= 15 is 0 Å². The first-order valence-corrected chi connectivity index (χ1v) is 7.80. The highest BCUT2D eigenvalue weighted by Crippen LogP contribution is 2.24. The molecule has 2 heteroatoms. The molecule has 0 aromatic heterocycles. The highest BCUT2D eigenvalue weighted by molar-refractivity contribution is 9.09. The third-order valence-corrected chi connectivity index (χ3v) is 4.96. The molecule has 0 radical (unpaired) electrons. The number of rotatable bonds is 4. The maximum absolute atomic E-state index is 3.57. The number of aryl methyl sites for hydroxylation is 2. The van der Waals surface area contributed by atoms with E-state index in [0.717, 1.165) is 10.7 Å². The number of fused-ring (bicyclic) bond motifs is 1. The molecule has 82 valence electrons. The van der Waals surface area contributed by atoms with Gasteiger partial charge in [-0.05, 0) is 48.3 Å². The van der Waals surface area contributed by atoms with Crippen LogP contribution in [0.2, 0.25) is 0 Å². The van der Waals surface area contributed by atoms with E-state index in [1.54, 1.807) is 11.1 Å². The molecule has 15 heavy (non-hydrogen) atoms. The van der Waals surface area contributed by atoms with Gasteiger partial charge in [-0.25, -0.2) is 0 Å². The molecule has 0 saturated carbocycles. The normalized spacial score (nSPS) is 14.6. The standard InChI is InChI=1S/C13H16Br2/c14-8-11(9-15)6-10-4-5-12-2-1-3-13(12)7-10/h4-5,7,11H,1-3,6,8-9H2. The highest BCUT2D eigenvalue weighted by atomic mass is 79.9. The van der Waals surface area contributed by atoms with Crippen molar-refractivity contribution in [3.8, 4) is 0 Å². The predicted octanol–water partition coefficient (Wildman–Crippen LogP) is 4.12. The van der Waals surface area contributed by atoms with Gasteiger partial charge in [0, 0.05) is 10.7 Å². The molecule has 0 atom stereocenters. The van der Waals surface area contributed by atoms with E-state index < -0.39 is 0 Å². The lowest BCUT2D eigenvalue weighted by Crippen LogP contribution is -2.07. The molecule has 1 aromatic carbocycles. The molecular formula is C13H16Br2. The first kappa shape index (κ1) is 11.7. The smallest absolute Gasteiger partial charge is 0.00708 e. The van der Waals surface area contributed by atoms with Crippen LogP contribution in [0, 0.1) is 5.92 Å². The van der Waals surface area contributed by atoms with Crippen LogP contribution in [0.5, 0.6) is 0 Å². The van der Waals surface area contributed by atoms with E-state index in [2.05, 4.69) is 50.1 Å². The maximum Gasteiger partial charge on any atom is 0.00708 e. The fourth-order valence-electron chi connectivity index (χ4n) is 2.24. The molecule has 0 heterocycles. The Morgan fingerprint density at radius 2 is 1.80 bits per heavy atom. The van der Waals surface area contributed by atoms with Gasteiger partial charge in [-0.15, -0.1) is 0 Å². The van der Waals surface area contributed by atoms with Crippen LogP contribution in [0.4, 0.5) is 0 Å². The van der Waals surface area contributed by atoms with Crippen molar-refractivity contribution in [3.63, 3.8) is 0 Å². The minimum Gasteiger partial charge on any atom is -0.0925 e. The zero-order valence-corrected chi connectivity index (χ0v) is 12.0. The first-order chi connectivity index (χ1) is 7.33. The lowest BCUT2D eigenvalue weighted by atomic mass is 9.99. The Labute approximate surface area is 109 Å². The van der Waals surface area contributed by atoms with Crippen LogP contribution in [0.1, 0.15) is 23.1 Å². The molecule has 0 bridgehead atoms. The summed E-state index contributed by atoms with van der Waals surface area (Å²) in [6, 6.07) is 7.06. The van der Waals surface area contributed by atoms with Gasteiger partial charge in [0.05, 0.1) is 0 Å². The molecule has 0 amide bonds. The Balaban J connectivity index is 2.09. The topological polar surface area (TPSA) is 0 Å². The fourth-order valence-corrected chi connectivity index (χ4v) is 3.77. The van der Waals surface area contributed by atoms with E-state index in [4.69, 9.17) is 0 Å². The van der Waals surface area contributed by atoms with Crippen molar-refractivity contribution in [1.82, 2.24) is 0 Å². The highest BCUT2D eigenvalue weighted by Gasteiger charge is 2.12. The lowest BCUT2D eigenvalue weighted by Gasteiger charge is -2.11. The molecule has 0 fully saturated rings. The predicted molar refractivity (Wildman–Crippen MR) is 73.2 cm³/mol. The zero-order chi connectivity index (χ0) is 10.7. The Hall–Kier alpha value is 0.180. The van der Waals surface area contributed by atoms with E-state index in [9.17, 15) is 0 Å². The second-order valence-electron chi connectivity index (χ2n) is 4.34. The molecule has 0 nitrogen and oxygen atoms in total. The maximum atomic E-state index is 3.57. The van der Waals surface area contributed by atoms with Crippen molar-refractivity contribution >= 4 is 31.9 Å². The van der Waals surface area contributed by atoms with Gasteiger partial charge in [-0.1, -0.05) is 50.1 Å². The average Bonchev–Trinajstić information content (AvgIpc) is 2.73. The molecule has 0 saturated heterocycles. The van der Waals surface area contributed by atoms with E-state index in [1.807, 2.05) is 0 Å². The molecule has 0 aliphatic heterocycles. The van der Waals surface area contributed by atoms with Crippen LogP contribution in [-0.4, -0.2) is 10.7 Å². The lowest BCUT2D eigenvalue weighted by molar-refractivity contribution is 0.679. The molecule has 1 aliphatic carbocycles. The molecule has 1 aliphatic rings. The van der Waals surface area contributed by atoms with Gasteiger partial charge in [0.25, 0.3) is 0 Å². The number of hydrogen-bond acceptors (Lipinski definition) is 0. The van der Waals surface area contributed by atoms with Gasteiger partial charge in [-0.3, -0.25) is 0 Å². The number of hydrogen-bond donors (Lipinski definition) is 0. The zero-order valence-electron chi connectivity index (χ0n) is 8.81. The fraction of sp³-hybridized carbons (Fsp3) is 0.538. The van der Waals surface area contributed by atoms with E-state index in [0.29, 0.717) is 5.92 Å². The summed E-state index contributed by atoms with van der Waals surface area (Å²) in [5, 5.41) is 2.16. The largest absolute Gasteiger partial charge is 0.0925 e. The summed E-state index contributed by atoms with van der Waals surface area (Å²) in [7, 11) is 0. The third-order valence-electron chi connectivity index (χ3n) is 3.12. The van der Waals surface area contributed by atoms with Crippen molar-refractivity contribution in [2.45, 2.75) is 25.7 Å². The molecule has 0 spiro atoms. The van der Waals surface area contributed by atoms with Gasteiger partial charge in [0.2, 0.25) is 0 Å². The van der Waals surface area contributed by atoms with E-state index in [-0.39, 0.29) is 0 Å². The van der Waals surface area contributed by atoms with Crippen LogP contribution in [-0.2, 0) is 19.3 Å². The summed E-state index contributed by atoms with van der Waals surface area (Å²) < 4.78 is 0. The van der Waals surface area contributed by atoms with E-state index in [1.165, 1.54) is 31.2 Å². The van der Waals surface area contributed by atoms with Crippen LogP contribution in [0.3, 0.4) is 0 Å². The minimum absolute atomic E-state index is 0.712. The van der Waals surface area contributed by atoms with Crippen molar-refractivity contribution in [3.05, 3.63) is 34.9 Å². The first-order valence-electron chi connectivity index (χ1n) is 5.56. The molecule has 0 N–H and O–H groups in total. The van der Waals surface area contributed by atoms with Gasteiger partial charge in [-0.2, -0.15) is 0 Å². The Morgan fingerprint density at radius 3 is 2.53 bits per heavy atom. The summed E-state index contributed by atoms with van der Waals surface area (Å²) in [5.41, 5.74) is 4.67. The summed E-state index contributed by atoms with van der Waals surface area (Å²) in [4.78, 5) is 0. The van der Waals surface area contributed by atoms with Crippen LogP contribution in [0.15, 0.2) is 18.2 Å². The van der Waals surface area contributed by atoms with Crippen molar-refractivity contribution in [1.29, 1.82) is 0 Å². The Kier molecular flexibility index (Phi) is 4.27. The second kappa shape index (κ2) is 5.49. The molecule has 1 aromatic rings. The number of benzene rings is 1. The summed E-state index contributed by atoms with van der Waals surface area (Å²) in [5.74, 6) is 0.712. The number of alkyl halides is 2. The van der Waals surface area contributed by atoms with Gasteiger partial charge in [0.1, 0.15) is 0 Å². The van der Waals surface area contributed by atoms with Gasteiger partial charge in [0.15, 0.2) is 0 Å². The van der Waals surface area contributed by atoms with Gasteiger partial charge < -0.3 is 0 Å². The molecular weight excluding hydrogens is 316 g/mol.